The van der Waals surface area contributed by atoms with Crippen molar-refractivity contribution in [3.8, 4) is 11.5 Å². The maximum atomic E-state index is 13.2. The molecule has 0 radical (unpaired) electrons. The Morgan fingerprint density at radius 1 is 0.805 bits per heavy atom. The molecule has 0 saturated carbocycles. The van der Waals surface area contributed by atoms with Crippen molar-refractivity contribution in [2.45, 2.75) is 89.4 Å². The molecule has 3 rings (SSSR count). The quantitative estimate of drug-likeness (QED) is 0.0779. The number of rotatable bonds is 19. The molecule has 6 nitrogen and oxygen atoms in total. The van der Waals surface area contributed by atoms with Crippen molar-refractivity contribution in [2.75, 3.05) is 13.2 Å². The van der Waals surface area contributed by atoms with E-state index in [1.165, 1.54) is 32.1 Å². The van der Waals surface area contributed by atoms with Gasteiger partial charge in [-0.25, -0.2) is 4.79 Å². The summed E-state index contributed by atoms with van der Waals surface area (Å²) in [5, 5.41) is 18.4. The average molecular weight is 563 g/mol. The molecule has 0 aromatic heterocycles. The van der Waals surface area contributed by atoms with Gasteiger partial charge in [0.2, 0.25) is 0 Å². The number of hydrogen-bond acceptors (Lipinski definition) is 5. The smallest absolute Gasteiger partial charge is 0.343 e. The summed E-state index contributed by atoms with van der Waals surface area (Å²) in [6.07, 6.45) is 20.2. The third kappa shape index (κ3) is 10.2. The van der Waals surface area contributed by atoms with Crippen LogP contribution >= 0.6 is 0 Å². The first-order valence-electron chi connectivity index (χ1n) is 15.3. The predicted octanol–water partition coefficient (Wildman–Crippen LogP) is 8.04. The summed E-state index contributed by atoms with van der Waals surface area (Å²) in [7, 11) is 0. The number of para-hydroxylation sites is 1. The number of carbonyl (C=O) groups is 2. The van der Waals surface area contributed by atoms with Crippen molar-refractivity contribution in [2.24, 2.45) is 5.92 Å². The highest BCUT2D eigenvalue weighted by Crippen LogP contribution is 2.42. The van der Waals surface area contributed by atoms with Crippen molar-refractivity contribution >= 4 is 11.9 Å². The molecule has 0 unspecified atom stereocenters. The topological polar surface area (TPSA) is 93.1 Å². The first-order valence-corrected chi connectivity index (χ1v) is 15.3. The van der Waals surface area contributed by atoms with Gasteiger partial charge in [-0.1, -0.05) is 101 Å². The van der Waals surface area contributed by atoms with Crippen LogP contribution in [0.5, 0.6) is 11.5 Å². The van der Waals surface area contributed by atoms with E-state index in [4.69, 9.17) is 14.6 Å². The number of hydrogen-bond donors (Lipinski definition) is 2. The zero-order valence-electron chi connectivity index (χ0n) is 24.4. The van der Waals surface area contributed by atoms with Gasteiger partial charge < -0.3 is 19.7 Å². The van der Waals surface area contributed by atoms with Crippen molar-refractivity contribution in [1.29, 1.82) is 0 Å². The van der Waals surface area contributed by atoms with Crippen LogP contribution in [0, 0.1) is 5.92 Å². The van der Waals surface area contributed by atoms with Crippen LogP contribution in [0.4, 0.5) is 0 Å². The summed E-state index contributed by atoms with van der Waals surface area (Å²) >= 11 is 0. The van der Waals surface area contributed by atoms with Crippen LogP contribution in [-0.2, 0) is 10.2 Å². The van der Waals surface area contributed by atoms with E-state index in [-0.39, 0.29) is 6.61 Å². The molecule has 0 heterocycles. The number of aliphatic carboxylic acids is 1. The van der Waals surface area contributed by atoms with Crippen LogP contribution in [0.1, 0.15) is 99.9 Å². The fourth-order valence-corrected chi connectivity index (χ4v) is 5.23. The first-order chi connectivity index (χ1) is 20.0. The molecule has 6 heteroatoms. The number of aliphatic hydroxyl groups is 1. The molecule has 0 fully saturated rings. The molecular formula is C35H46O6. The number of carbonyl (C=O) groups excluding carboxylic acids is 1. The van der Waals surface area contributed by atoms with Crippen molar-refractivity contribution in [3.05, 3.63) is 84.0 Å². The zero-order chi connectivity index (χ0) is 29.3. The lowest BCUT2D eigenvalue weighted by Crippen LogP contribution is -2.27. The SMILES string of the molecule is CCCCCCCCCC1(c2ccccc2OC(=O)c2ccc(OCCCCCCO)cc2)C=CC(C(=O)O)C=C1. The van der Waals surface area contributed by atoms with Crippen LogP contribution in [0.2, 0.25) is 0 Å². The van der Waals surface area contributed by atoms with Gasteiger partial charge in [-0.2, -0.15) is 0 Å². The summed E-state index contributed by atoms with van der Waals surface area (Å²) in [6, 6.07) is 14.5. The zero-order valence-corrected chi connectivity index (χ0v) is 24.4. The summed E-state index contributed by atoms with van der Waals surface area (Å²) in [5.74, 6) is -0.815. The minimum Gasteiger partial charge on any atom is -0.494 e. The van der Waals surface area contributed by atoms with Gasteiger partial charge in [0.15, 0.2) is 0 Å². The molecule has 2 N–H and O–H groups in total. The summed E-state index contributed by atoms with van der Waals surface area (Å²) < 4.78 is 11.7. The second-order valence-corrected chi connectivity index (χ2v) is 10.9. The van der Waals surface area contributed by atoms with Crippen molar-refractivity contribution in [1.82, 2.24) is 0 Å². The standard InChI is InChI=1S/C35H46O6/c1-2-3-4-5-6-7-12-23-35(24-21-28(22-25-35)33(37)38)31-15-10-11-16-32(31)41-34(39)29-17-19-30(20-18-29)40-27-14-9-8-13-26-36/h10-11,15-22,24-25,28,36H,2-9,12-14,23,26-27H2,1H3,(H,37,38). The van der Waals surface area contributed by atoms with Gasteiger partial charge in [0.1, 0.15) is 11.5 Å². The van der Waals surface area contributed by atoms with Crippen LogP contribution in [0.3, 0.4) is 0 Å². The molecule has 0 atom stereocenters. The predicted molar refractivity (Wildman–Crippen MR) is 163 cm³/mol. The van der Waals surface area contributed by atoms with Crippen molar-refractivity contribution < 1.29 is 29.3 Å². The van der Waals surface area contributed by atoms with Crippen LogP contribution in [0.25, 0.3) is 0 Å². The highest BCUT2D eigenvalue weighted by molar-refractivity contribution is 5.91. The number of benzene rings is 2. The fraction of sp³-hybridized carbons (Fsp3) is 0.486. The average Bonchev–Trinajstić information content (AvgIpc) is 2.99. The molecule has 0 saturated heterocycles. The van der Waals surface area contributed by atoms with Crippen LogP contribution < -0.4 is 9.47 Å². The number of carboxylic acid groups (broad SMARTS) is 1. The molecule has 222 valence electrons. The molecule has 0 bridgehead atoms. The number of esters is 1. The highest BCUT2D eigenvalue weighted by Gasteiger charge is 2.33. The lowest BCUT2D eigenvalue weighted by atomic mass is 9.72. The number of allylic oxidation sites excluding steroid dienone is 2. The van der Waals surface area contributed by atoms with Gasteiger partial charge in [0.05, 0.1) is 18.1 Å². The third-order valence-electron chi connectivity index (χ3n) is 7.68. The van der Waals surface area contributed by atoms with Crippen molar-refractivity contribution in [3.63, 3.8) is 0 Å². The Bertz CT molecular complexity index is 1120. The molecule has 0 amide bonds. The molecule has 1 aliphatic carbocycles. The van der Waals surface area contributed by atoms with Gasteiger partial charge in [-0.3, -0.25) is 4.79 Å². The second-order valence-electron chi connectivity index (χ2n) is 10.9. The van der Waals surface area contributed by atoms with E-state index in [1.54, 1.807) is 42.5 Å². The van der Waals surface area contributed by atoms with Crippen LogP contribution in [0.15, 0.2) is 72.8 Å². The molecule has 2 aromatic carbocycles. The first kappa shape index (κ1) is 32.1. The lowest BCUT2D eigenvalue weighted by Gasteiger charge is -2.32. The van der Waals surface area contributed by atoms with E-state index in [2.05, 4.69) is 6.92 Å². The Hall–Kier alpha value is -3.38. The van der Waals surface area contributed by atoms with E-state index in [0.717, 1.165) is 50.5 Å². The van der Waals surface area contributed by atoms with Gasteiger partial charge in [-0.05, 0) is 56.0 Å². The summed E-state index contributed by atoms with van der Waals surface area (Å²) in [6.45, 7) is 3.03. The summed E-state index contributed by atoms with van der Waals surface area (Å²) in [4.78, 5) is 24.8. The molecule has 1 aliphatic rings. The van der Waals surface area contributed by atoms with Gasteiger partial charge in [-0.15, -0.1) is 0 Å². The number of ether oxygens (including phenoxy) is 2. The number of aliphatic hydroxyl groups excluding tert-OH is 1. The number of unbranched alkanes of at least 4 members (excludes halogenated alkanes) is 9. The maximum absolute atomic E-state index is 13.2. The minimum atomic E-state index is -0.879. The van der Waals surface area contributed by atoms with Crippen LogP contribution in [-0.4, -0.2) is 35.4 Å². The minimum absolute atomic E-state index is 0.224. The van der Waals surface area contributed by atoms with E-state index < -0.39 is 23.3 Å². The Labute approximate surface area is 245 Å². The Morgan fingerprint density at radius 3 is 2.12 bits per heavy atom. The van der Waals surface area contributed by atoms with Gasteiger partial charge >= 0.3 is 11.9 Å². The molecular weight excluding hydrogens is 516 g/mol. The monoisotopic (exact) mass is 562 g/mol. The Morgan fingerprint density at radius 2 is 1.44 bits per heavy atom. The number of carboxylic acids is 1. The lowest BCUT2D eigenvalue weighted by molar-refractivity contribution is -0.138. The second kappa shape index (κ2) is 17.4. The fourth-order valence-electron chi connectivity index (χ4n) is 5.23. The molecule has 2 aromatic rings. The molecule has 0 aliphatic heterocycles. The van der Waals surface area contributed by atoms with E-state index >= 15 is 0 Å². The normalized spacial score (nSPS) is 17.9. The third-order valence-corrected chi connectivity index (χ3v) is 7.68. The van der Waals surface area contributed by atoms with E-state index in [9.17, 15) is 14.7 Å². The Kier molecular flexibility index (Phi) is 13.7. The Balaban J connectivity index is 1.68. The highest BCUT2D eigenvalue weighted by atomic mass is 16.5. The summed E-state index contributed by atoms with van der Waals surface area (Å²) in [5.41, 5.74) is 0.745. The largest absolute Gasteiger partial charge is 0.494 e. The van der Waals surface area contributed by atoms with Gasteiger partial charge in [0.25, 0.3) is 0 Å². The van der Waals surface area contributed by atoms with E-state index in [1.807, 2.05) is 30.4 Å². The van der Waals surface area contributed by atoms with E-state index in [0.29, 0.717) is 23.7 Å². The molecule has 0 spiro atoms. The molecule has 41 heavy (non-hydrogen) atoms. The maximum Gasteiger partial charge on any atom is 0.343 e. The van der Waals surface area contributed by atoms with Gasteiger partial charge in [0, 0.05) is 17.6 Å².